The molecule has 0 aliphatic rings. The Morgan fingerprint density at radius 3 is 2.80 bits per heavy atom. The van der Waals surface area contributed by atoms with Gasteiger partial charge in [0.2, 0.25) is 0 Å². The van der Waals surface area contributed by atoms with Crippen molar-refractivity contribution >= 4 is 0 Å². The molecule has 0 aromatic carbocycles. The fourth-order valence-corrected chi connectivity index (χ4v) is 1.31. The summed E-state index contributed by atoms with van der Waals surface area (Å²) in [7, 11) is 0. The summed E-state index contributed by atoms with van der Waals surface area (Å²) in [5.74, 6) is 1.04. The predicted molar refractivity (Wildman–Crippen MR) is 58.8 cm³/mol. The molecule has 0 radical (unpaired) electrons. The van der Waals surface area contributed by atoms with Crippen molar-refractivity contribution in [1.82, 2.24) is 4.98 Å². The number of pyridine rings is 1. The fraction of sp³-hybridized carbons (Fsp3) is 0.500. The number of nitrogens with zero attached hydrogens (tertiary/aromatic N) is 2. The topological polar surface area (TPSA) is 45.9 Å². The van der Waals surface area contributed by atoms with Gasteiger partial charge in [0.15, 0.2) is 11.4 Å². The van der Waals surface area contributed by atoms with Crippen molar-refractivity contribution < 1.29 is 4.74 Å². The maximum atomic E-state index is 8.84. The molecule has 0 spiro atoms. The minimum Gasteiger partial charge on any atom is -0.491 e. The van der Waals surface area contributed by atoms with Gasteiger partial charge in [-0.3, -0.25) is 0 Å². The number of hydrogen-bond acceptors (Lipinski definition) is 3. The molecular weight excluding hydrogens is 188 g/mol. The van der Waals surface area contributed by atoms with Gasteiger partial charge < -0.3 is 4.74 Å². The first-order valence-electron chi connectivity index (χ1n) is 5.25. The minimum absolute atomic E-state index is 0.365. The second-order valence-corrected chi connectivity index (χ2v) is 3.47. The Labute approximate surface area is 90.7 Å². The van der Waals surface area contributed by atoms with E-state index in [0.29, 0.717) is 24.0 Å². The van der Waals surface area contributed by atoms with Gasteiger partial charge in [-0.15, -0.1) is 0 Å². The molecule has 0 saturated heterocycles. The van der Waals surface area contributed by atoms with Crippen LogP contribution in [0, 0.1) is 11.3 Å². The third-order valence-electron chi connectivity index (χ3n) is 2.46. The van der Waals surface area contributed by atoms with E-state index < -0.39 is 0 Å². The molecule has 1 unspecified atom stereocenters. The van der Waals surface area contributed by atoms with E-state index in [4.69, 9.17) is 10.00 Å². The van der Waals surface area contributed by atoms with Crippen LogP contribution in [0.4, 0.5) is 0 Å². The highest BCUT2D eigenvalue weighted by Gasteiger charge is 2.09. The molecule has 1 atom stereocenters. The Balaban J connectivity index is 3.05. The van der Waals surface area contributed by atoms with Crippen LogP contribution in [0.5, 0.6) is 5.75 Å². The van der Waals surface area contributed by atoms with Gasteiger partial charge in [-0.05, 0) is 30.9 Å². The van der Waals surface area contributed by atoms with Gasteiger partial charge in [-0.2, -0.15) is 5.26 Å². The van der Waals surface area contributed by atoms with Gasteiger partial charge in [-0.25, -0.2) is 4.98 Å². The van der Waals surface area contributed by atoms with Crippen molar-refractivity contribution in [3.05, 3.63) is 23.5 Å². The van der Waals surface area contributed by atoms with Crippen LogP contribution >= 0.6 is 0 Å². The summed E-state index contributed by atoms with van der Waals surface area (Å²) < 4.78 is 5.38. The molecule has 0 aliphatic carbocycles. The molecule has 1 heterocycles. The van der Waals surface area contributed by atoms with Crippen LogP contribution in [0.15, 0.2) is 12.3 Å². The summed E-state index contributed by atoms with van der Waals surface area (Å²) in [6.07, 6.45) is 2.81. The van der Waals surface area contributed by atoms with Crippen molar-refractivity contribution in [3.8, 4) is 11.8 Å². The first-order chi connectivity index (χ1) is 7.22. The number of rotatable bonds is 4. The lowest BCUT2D eigenvalue weighted by molar-refractivity contribution is 0.337. The summed E-state index contributed by atoms with van der Waals surface area (Å²) in [6.45, 7) is 6.72. The summed E-state index contributed by atoms with van der Waals surface area (Å²) in [6, 6.07) is 3.95. The Bertz CT molecular complexity index is 368. The van der Waals surface area contributed by atoms with E-state index in [-0.39, 0.29) is 0 Å². The molecule has 1 aromatic heterocycles. The van der Waals surface area contributed by atoms with Crippen molar-refractivity contribution in [2.24, 2.45) is 0 Å². The third-order valence-corrected chi connectivity index (χ3v) is 2.46. The van der Waals surface area contributed by atoms with Crippen molar-refractivity contribution in [2.45, 2.75) is 33.1 Å². The summed E-state index contributed by atoms with van der Waals surface area (Å²) >= 11 is 0. The van der Waals surface area contributed by atoms with Crippen LogP contribution < -0.4 is 4.74 Å². The maximum absolute atomic E-state index is 8.84. The van der Waals surface area contributed by atoms with E-state index in [1.54, 1.807) is 6.20 Å². The predicted octanol–water partition coefficient (Wildman–Crippen LogP) is 2.87. The highest BCUT2D eigenvalue weighted by molar-refractivity contribution is 5.40. The second kappa shape index (κ2) is 5.35. The minimum atomic E-state index is 0.365. The molecule has 3 nitrogen and oxygen atoms in total. The molecule has 0 fully saturated rings. The van der Waals surface area contributed by atoms with E-state index >= 15 is 0 Å². The van der Waals surface area contributed by atoms with Crippen molar-refractivity contribution in [1.29, 1.82) is 5.26 Å². The van der Waals surface area contributed by atoms with Crippen LogP contribution in [0.3, 0.4) is 0 Å². The lowest BCUT2D eigenvalue weighted by Crippen LogP contribution is -2.00. The Hall–Kier alpha value is -1.56. The molecule has 0 saturated carbocycles. The van der Waals surface area contributed by atoms with Gasteiger partial charge in [0.25, 0.3) is 0 Å². The van der Waals surface area contributed by atoms with E-state index in [1.807, 2.05) is 19.1 Å². The Morgan fingerprint density at radius 2 is 2.27 bits per heavy atom. The lowest BCUT2D eigenvalue weighted by Gasteiger charge is -2.11. The number of hydrogen-bond donors (Lipinski definition) is 0. The monoisotopic (exact) mass is 204 g/mol. The Kier molecular flexibility index (Phi) is 4.11. The van der Waals surface area contributed by atoms with Gasteiger partial charge >= 0.3 is 0 Å². The lowest BCUT2D eigenvalue weighted by atomic mass is 10.0. The van der Waals surface area contributed by atoms with Crippen molar-refractivity contribution in [2.75, 3.05) is 6.61 Å². The largest absolute Gasteiger partial charge is 0.491 e. The molecule has 3 heteroatoms. The second-order valence-electron chi connectivity index (χ2n) is 3.47. The average molecular weight is 204 g/mol. The zero-order valence-corrected chi connectivity index (χ0v) is 9.45. The summed E-state index contributed by atoms with van der Waals surface area (Å²) in [5, 5.41) is 8.84. The standard InChI is InChI=1S/C12H16N2O/c1-4-9(3)10-6-12(15-5-2)11(7-13)14-8-10/h6,8-9H,4-5H2,1-3H3. The highest BCUT2D eigenvalue weighted by atomic mass is 16.5. The molecule has 0 bridgehead atoms. The van der Waals surface area contributed by atoms with E-state index in [2.05, 4.69) is 18.8 Å². The van der Waals surface area contributed by atoms with E-state index in [9.17, 15) is 0 Å². The zero-order chi connectivity index (χ0) is 11.3. The number of aromatic nitrogens is 1. The highest BCUT2D eigenvalue weighted by Crippen LogP contribution is 2.24. The zero-order valence-electron chi connectivity index (χ0n) is 9.45. The van der Waals surface area contributed by atoms with E-state index in [1.165, 1.54) is 0 Å². The molecule has 15 heavy (non-hydrogen) atoms. The van der Waals surface area contributed by atoms with Crippen LogP contribution in [-0.4, -0.2) is 11.6 Å². The van der Waals surface area contributed by atoms with Crippen LogP contribution in [0.1, 0.15) is 44.4 Å². The number of nitriles is 1. The molecular formula is C12H16N2O. The van der Waals surface area contributed by atoms with Crippen LogP contribution in [0.25, 0.3) is 0 Å². The molecule has 1 aromatic rings. The maximum Gasteiger partial charge on any atom is 0.182 e. The van der Waals surface area contributed by atoms with Gasteiger partial charge in [0.1, 0.15) is 6.07 Å². The summed E-state index contributed by atoms with van der Waals surface area (Å²) in [4.78, 5) is 4.10. The molecule has 0 amide bonds. The third kappa shape index (κ3) is 2.69. The first kappa shape index (κ1) is 11.5. The normalized spacial score (nSPS) is 11.9. The van der Waals surface area contributed by atoms with Gasteiger partial charge in [0, 0.05) is 6.20 Å². The van der Waals surface area contributed by atoms with Crippen molar-refractivity contribution in [3.63, 3.8) is 0 Å². The fourth-order valence-electron chi connectivity index (χ4n) is 1.31. The van der Waals surface area contributed by atoms with E-state index in [0.717, 1.165) is 12.0 Å². The average Bonchev–Trinajstić information content (AvgIpc) is 2.28. The SMILES string of the molecule is CCOc1cc(C(C)CC)cnc1C#N. The molecule has 0 aliphatic heterocycles. The Morgan fingerprint density at radius 1 is 1.53 bits per heavy atom. The smallest absolute Gasteiger partial charge is 0.182 e. The van der Waals surface area contributed by atoms with Gasteiger partial charge in [0.05, 0.1) is 6.61 Å². The number of ether oxygens (including phenoxy) is 1. The van der Waals surface area contributed by atoms with Gasteiger partial charge in [-0.1, -0.05) is 13.8 Å². The van der Waals surface area contributed by atoms with Crippen LogP contribution in [-0.2, 0) is 0 Å². The molecule has 80 valence electrons. The molecule has 1 rings (SSSR count). The first-order valence-corrected chi connectivity index (χ1v) is 5.25. The summed E-state index contributed by atoms with van der Waals surface area (Å²) in [5.41, 5.74) is 1.49. The van der Waals surface area contributed by atoms with Crippen LogP contribution in [0.2, 0.25) is 0 Å². The quantitative estimate of drug-likeness (QED) is 0.757. The molecule has 0 N–H and O–H groups in total.